The summed E-state index contributed by atoms with van der Waals surface area (Å²) >= 11 is 6.72. The lowest BCUT2D eigenvalue weighted by atomic mass is 9.95. The largest absolute Gasteiger partial charge is 0.313 e. The lowest BCUT2D eigenvalue weighted by Gasteiger charge is -2.19. The van der Waals surface area contributed by atoms with Crippen LogP contribution in [0.2, 0.25) is 0 Å². The minimum Gasteiger partial charge on any atom is -0.313 e. The second kappa shape index (κ2) is 6.83. The Morgan fingerprint density at radius 2 is 1.90 bits per heavy atom. The molecule has 1 unspecified atom stereocenters. The van der Waals surface area contributed by atoms with Crippen LogP contribution in [0.15, 0.2) is 45.3 Å². The normalized spacial score (nSPS) is 12.4. The number of hydrogen-bond donors (Lipinski definition) is 1. The van der Waals surface area contributed by atoms with Gasteiger partial charge in [0, 0.05) is 10.5 Å². The first kappa shape index (κ1) is 15.7. The molecular formula is C16H16Br2FN. The van der Waals surface area contributed by atoms with Gasteiger partial charge in [-0.05, 0) is 77.3 Å². The number of halogens is 3. The van der Waals surface area contributed by atoms with E-state index in [2.05, 4.69) is 56.2 Å². The molecule has 0 aromatic heterocycles. The summed E-state index contributed by atoms with van der Waals surface area (Å²) in [5.41, 5.74) is 3.59. The van der Waals surface area contributed by atoms with Crippen molar-refractivity contribution in [3.8, 4) is 0 Å². The molecule has 0 radical (unpaired) electrons. The molecule has 0 bridgehead atoms. The zero-order chi connectivity index (χ0) is 14.7. The van der Waals surface area contributed by atoms with Gasteiger partial charge in [0.1, 0.15) is 5.82 Å². The summed E-state index contributed by atoms with van der Waals surface area (Å²) in [5.74, 6) is -0.227. The number of likely N-dealkylation sites (N-methyl/N-ethyl adjacent to an activating group) is 1. The molecule has 1 atom stereocenters. The summed E-state index contributed by atoms with van der Waals surface area (Å²) in [6, 6.07) is 11.7. The van der Waals surface area contributed by atoms with Crippen molar-refractivity contribution in [3.63, 3.8) is 0 Å². The Hall–Kier alpha value is -0.710. The lowest BCUT2D eigenvalue weighted by Crippen LogP contribution is -2.19. The fraction of sp³-hybridized carbons (Fsp3) is 0.250. The monoisotopic (exact) mass is 399 g/mol. The quantitative estimate of drug-likeness (QED) is 0.747. The number of benzene rings is 2. The number of nitrogens with one attached hydrogen (secondary N) is 1. The summed E-state index contributed by atoms with van der Waals surface area (Å²) in [7, 11) is 1.95. The van der Waals surface area contributed by atoms with Crippen LogP contribution in [0.3, 0.4) is 0 Å². The number of aryl methyl sites for hydroxylation is 1. The third-order valence-corrected chi connectivity index (χ3v) is 4.48. The van der Waals surface area contributed by atoms with Gasteiger partial charge in [-0.25, -0.2) is 4.39 Å². The first-order chi connectivity index (χ1) is 9.51. The lowest BCUT2D eigenvalue weighted by molar-refractivity contribution is 0.585. The van der Waals surface area contributed by atoms with Crippen LogP contribution in [0.1, 0.15) is 22.7 Å². The van der Waals surface area contributed by atoms with Crippen molar-refractivity contribution in [3.05, 3.63) is 67.9 Å². The average Bonchev–Trinajstić information content (AvgIpc) is 2.41. The zero-order valence-electron chi connectivity index (χ0n) is 11.4. The highest BCUT2D eigenvalue weighted by Gasteiger charge is 2.13. The van der Waals surface area contributed by atoms with Crippen LogP contribution in [0.4, 0.5) is 4.39 Å². The van der Waals surface area contributed by atoms with Gasteiger partial charge in [-0.2, -0.15) is 0 Å². The van der Waals surface area contributed by atoms with E-state index in [0.717, 1.165) is 16.5 Å². The van der Waals surface area contributed by atoms with E-state index in [1.165, 1.54) is 17.2 Å². The summed E-state index contributed by atoms with van der Waals surface area (Å²) < 4.78 is 14.9. The van der Waals surface area contributed by atoms with Crippen LogP contribution >= 0.6 is 31.9 Å². The highest BCUT2D eigenvalue weighted by Crippen LogP contribution is 2.26. The predicted molar refractivity (Wildman–Crippen MR) is 88.5 cm³/mol. The minimum atomic E-state index is -0.227. The number of hydrogen-bond acceptors (Lipinski definition) is 1. The molecule has 2 rings (SSSR count). The van der Waals surface area contributed by atoms with Gasteiger partial charge in [0.15, 0.2) is 0 Å². The van der Waals surface area contributed by atoms with Gasteiger partial charge in [0.05, 0.1) is 4.47 Å². The van der Waals surface area contributed by atoms with Crippen molar-refractivity contribution in [2.45, 2.75) is 19.4 Å². The van der Waals surface area contributed by atoms with E-state index in [1.807, 2.05) is 25.2 Å². The van der Waals surface area contributed by atoms with E-state index in [1.54, 1.807) is 0 Å². The maximum Gasteiger partial charge on any atom is 0.137 e. The van der Waals surface area contributed by atoms with E-state index < -0.39 is 0 Å². The first-order valence-corrected chi connectivity index (χ1v) is 7.97. The van der Waals surface area contributed by atoms with Gasteiger partial charge in [-0.1, -0.05) is 28.1 Å². The molecule has 106 valence electrons. The van der Waals surface area contributed by atoms with Crippen molar-refractivity contribution < 1.29 is 4.39 Å². The van der Waals surface area contributed by atoms with Crippen LogP contribution in [0.25, 0.3) is 0 Å². The fourth-order valence-electron chi connectivity index (χ4n) is 2.30. The van der Waals surface area contributed by atoms with Crippen LogP contribution in [-0.2, 0) is 6.42 Å². The molecule has 2 aromatic rings. The van der Waals surface area contributed by atoms with E-state index in [9.17, 15) is 4.39 Å². The molecule has 2 aromatic carbocycles. The van der Waals surface area contributed by atoms with Crippen molar-refractivity contribution in [1.29, 1.82) is 0 Å². The van der Waals surface area contributed by atoms with Crippen molar-refractivity contribution >= 4 is 31.9 Å². The molecule has 0 saturated carbocycles. The molecule has 0 aliphatic heterocycles. The van der Waals surface area contributed by atoms with Gasteiger partial charge < -0.3 is 5.32 Å². The Balaban J connectivity index is 2.26. The summed E-state index contributed by atoms with van der Waals surface area (Å²) in [4.78, 5) is 0. The standard InChI is InChI=1S/C16H16Br2FN/c1-10-7-12(17)4-5-13(10)16(20-2)9-11-3-6-15(19)14(18)8-11/h3-8,16,20H,9H2,1-2H3. The maximum absolute atomic E-state index is 13.3. The molecule has 20 heavy (non-hydrogen) atoms. The summed E-state index contributed by atoms with van der Waals surface area (Å²) in [6.45, 7) is 2.10. The van der Waals surface area contributed by atoms with E-state index >= 15 is 0 Å². The Kier molecular flexibility index (Phi) is 5.35. The van der Waals surface area contributed by atoms with Crippen molar-refractivity contribution in [2.24, 2.45) is 0 Å². The average molecular weight is 401 g/mol. The number of rotatable bonds is 4. The molecule has 0 aliphatic carbocycles. The highest BCUT2D eigenvalue weighted by molar-refractivity contribution is 9.10. The summed E-state index contributed by atoms with van der Waals surface area (Å²) in [5, 5.41) is 3.34. The Morgan fingerprint density at radius 3 is 2.50 bits per heavy atom. The second-order valence-electron chi connectivity index (χ2n) is 4.79. The maximum atomic E-state index is 13.3. The highest BCUT2D eigenvalue weighted by atomic mass is 79.9. The van der Waals surface area contributed by atoms with Gasteiger partial charge in [0.2, 0.25) is 0 Å². The molecule has 1 nitrogen and oxygen atoms in total. The molecule has 0 fully saturated rings. The molecule has 4 heteroatoms. The third-order valence-electron chi connectivity index (χ3n) is 3.38. The van der Waals surface area contributed by atoms with E-state index in [0.29, 0.717) is 4.47 Å². The first-order valence-electron chi connectivity index (χ1n) is 6.38. The summed E-state index contributed by atoms with van der Waals surface area (Å²) in [6.07, 6.45) is 0.817. The predicted octanol–water partition coefficient (Wildman–Crippen LogP) is 5.16. The van der Waals surface area contributed by atoms with Crippen LogP contribution in [-0.4, -0.2) is 7.05 Å². The molecular weight excluding hydrogens is 385 g/mol. The molecule has 0 aliphatic rings. The van der Waals surface area contributed by atoms with Gasteiger partial charge in [-0.3, -0.25) is 0 Å². The third kappa shape index (κ3) is 3.68. The van der Waals surface area contributed by atoms with Crippen molar-refractivity contribution in [2.75, 3.05) is 7.05 Å². The second-order valence-corrected chi connectivity index (χ2v) is 6.56. The van der Waals surface area contributed by atoms with Crippen LogP contribution < -0.4 is 5.32 Å². The van der Waals surface area contributed by atoms with E-state index in [-0.39, 0.29) is 11.9 Å². The van der Waals surface area contributed by atoms with Gasteiger partial charge >= 0.3 is 0 Å². The molecule has 0 amide bonds. The van der Waals surface area contributed by atoms with Crippen LogP contribution in [0, 0.1) is 12.7 Å². The molecule has 0 spiro atoms. The minimum absolute atomic E-state index is 0.209. The Labute approximate surface area is 135 Å². The van der Waals surface area contributed by atoms with E-state index in [4.69, 9.17) is 0 Å². The topological polar surface area (TPSA) is 12.0 Å². The molecule has 0 saturated heterocycles. The molecule has 1 N–H and O–H groups in total. The molecule has 0 heterocycles. The van der Waals surface area contributed by atoms with Gasteiger partial charge in [-0.15, -0.1) is 0 Å². The fourth-order valence-corrected chi connectivity index (χ4v) is 3.20. The van der Waals surface area contributed by atoms with Gasteiger partial charge in [0.25, 0.3) is 0 Å². The smallest absolute Gasteiger partial charge is 0.137 e. The Morgan fingerprint density at radius 1 is 1.15 bits per heavy atom. The SMILES string of the molecule is CNC(Cc1ccc(F)c(Br)c1)c1ccc(Br)cc1C. The van der Waals surface area contributed by atoms with Crippen molar-refractivity contribution in [1.82, 2.24) is 5.32 Å². The van der Waals surface area contributed by atoms with Crippen LogP contribution in [0.5, 0.6) is 0 Å². The zero-order valence-corrected chi connectivity index (χ0v) is 14.6. The Bertz CT molecular complexity index is 613.